The predicted molar refractivity (Wildman–Crippen MR) is 86.0 cm³/mol. The zero-order valence-corrected chi connectivity index (χ0v) is 12.6. The highest BCUT2D eigenvalue weighted by Gasteiger charge is 2.14. The number of aromatic hydroxyl groups is 1. The SMILES string of the molecule is O=Cc1cc(-c2ccc([N+](=O)[O-])cc2)oc1CNn1cc(O)[nH]c1=O. The average Bonchev–Trinajstić information content (AvgIpc) is 3.15. The molecule has 0 spiro atoms. The summed E-state index contributed by atoms with van der Waals surface area (Å²) in [4.78, 5) is 35.0. The molecule has 128 valence electrons. The van der Waals surface area contributed by atoms with Gasteiger partial charge in [0.05, 0.1) is 23.2 Å². The van der Waals surface area contributed by atoms with Crippen LogP contribution in [0.1, 0.15) is 16.1 Å². The molecule has 0 aliphatic heterocycles. The number of aromatic amines is 1. The number of carbonyl (C=O) groups is 1. The molecule has 1 aromatic carbocycles. The second-order valence-electron chi connectivity index (χ2n) is 5.06. The topological polar surface area (TPSA) is 143 Å². The summed E-state index contributed by atoms with van der Waals surface area (Å²) in [5, 5.41) is 19.9. The molecule has 0 unspecified atom stereocenters. The van der Waals surface area contributed by atoms with E-state index in [2.05, 4.69) is 10.4 Å². The van der Waals surface area contributed by atoms with Crippen LogP contribution in [0, 0.1) is 10.1 Å². The van der Waals surface area contributed by atoms with Crippen LogP contribution >= 0.6 is 0 Å². The number of nitro groups is 1. The molecule has 0 saturated heterocycles. The van der Waals surface area contributed by atoms with Crippen molar-refractivity contribution in [2.45, 2.75) is 6.54 Å². The number of nitrogens with one attached hydrogen (secondary N) is 2. The molecule has 2 aromatic heterocycles. The van der Waals surface area contributed by atoms with Crippen molar-refractivity contribution in [1.29, 1.82) is 0 Å². The van der Waals surface area contributed by atoms with Gasteiger partial charge in [0.15, 0.2) is 6.29 Å². The molecule has 0 radical (unpaired) electrons. The fourth-order valence-corrected chi connectivity index (χ4v) is 2.23. The van der Waals surface area contributed by atoms with Gasteiger partial charge in [-0.3, -0.25) is 19.9 Å². The molecule has 0 saturated carbocycles. The maximum atomic E-state index is 11.5. The number of nitrogens with zero attached hydrogens (tertiary/aromatic N) is 2. The third kappa shape index (κ3) is 3.27. The van der Waals surface area contributed by atoms with E-state index in [4.69, 9.17) is 4.42 Å². The molecule has 10 nitrogen and oxygen atoms in total. The first-order valence-electron chi connectivity index (χ1n) is 7.05. The first-order valence-corrected chi connectivity index (χ1v) is 7.05. The summed E-state index contributed by atoms with van der Waals surface area (Å²) in [5.41, 5.74) is 2.89. The number of H-pyrrole nitrogens is 1. The number of nitro benzene ring substituents is 1. The lowest BCUT2D eigenvalue weighted by molar-refractivity contribution is -0.384. The molecular weight excluding hydrogens is 332 g/mol. The lowest BCUT2D eigenvalue weighted by Crippen LogP contribution is -2.25. The molecule has 3 rings (SSSR count). The number of hydrogen-bond donors (Lipinski definition) is 3. The van der Waals surface area contributed by atoms with Crippen molar-refractivity contribution < 1.29 is 19.2 Å². The second-order valence-corrected chi connectivity index (χ2v) is 5.06. The molecule has 25 heavy (non-hydrogen) atoms. The summed E-state index contributed by atoms with van der Waals surface area (Å²) in [6.07, 6.45) is 1.75. The van der Waals surface area contributed by atoms with Crippen molar-refractivity contribution in [2.24, 2.45) is 0 Å². The van der Waals surface area contributed by atoms with Gasteiger partial charge in [0.25, 0.3) is 5.69 Å². The standard InChI is InChI=1S/C15H12N4O6/c20-8-10-5-12(9-1-3-11(4-2-9)19(23)24)25-13(10)6-16-18-7-14(21)17-15(18)22/h1-5,7-8,16,21H,6H2,(H,17,22). The summed E-state index contributed by atoms with van der Waals surface area (Å²) in [6, 6.07) is 7.19. The summed E-state index contributed by atoms with van der Waals surface area (Å²) in [5.74, 6) is 0.327. The van der Waals surface area contributed by atoms with E-state index in [0.29, 0.717) is 17.6 Å². The maximum absolute atomic E-state index is 11.5. The molecule has 10 heteroatoms. The van der Waals surface area contributed by atoms with Gasteiger partial charge in [-0.1, -0.05) is 0 Å². The van der Waals surface area contributed by atoms with Crippen molar-refractivity contribution in [3.8, 4) is 17.2 Å². The zero-order valence-electron chi connectivity index (χ0n) is 12.6. The van der Waals surface area contributed by atoms with E-state index < -0.39 is 10.6 Å². The molecule has 3 N–H and O–H groups in total. The molecule has 3 aromatic rings. The Morgan fingerprint density at radius 1 is 1.36 bits per heavy atom. The van der Waals surface area contributed by atoms with Crippen LogP contribution in [0.15, 0.2) is 45.7 Å². The smallest absolute Gasteiger partial charge is 0.346 e. The predicted octanol–water partition coefficient (Wildman–Crippen LogP) is 1.61. The van der Waals surface area contributed by atoms with E-state index in [1.807, 2.05) is 0 Å². The van der Waals surface area contributed by atoms with Crippen LogP contribution in [0.4, 0.5) is 5.69 Å². The minimum absolute atomic E-state index is 0.0122. The largest absolute Gasteiger partial charge is 0.493 e. The normalized spacial score (nSPS) is 10.6. The van der Waals surface area contributed by atoms with Crippen molar-refractivity contribution in [1.82, 2.24) is 9.66 Å². The number of aldehydes is 1. The summed E-state index contributed by atoms with van der Waals surface area (Å²) >= 11 is 0. The van der Waals surface area contributed by atoms with Gasteiger partial charge in [-0.05, 0) is 18.2 Å². The number of carbonyl (C=O) groups excluding carboxylic acids is 1. The first kappa shape index (κ1) is 16.1. The third-order valence-electron chi connectivity index (χ3n) is 3.45. The quantitative estimate of drug-likeness (QED) is 0.350. The van der Waals surface area contributed by atoms with Gasteiger partial charge in [0.1, 0.15) is 11.5 Å². The highest BCUT2D eigenvalue weighted by Crippen LogP contribution is 2.26. The van der Waals surface area contributed by atoms with Crippen molar-refractivity contribution in [3.05, 3.63) is 68.5 Å². The Labute approximate surface area is 139 Å². The van der Waals surface area contributed by atoms with E-state index in [1.165, 1.54) is 30.3 Å². The Morgan fingerprint density at radius 2 is 2.08 bits per heavy atom. The van der Waals surface area contributed by atoms with Gasteiger partial charge < -0.3 is 14.9 Å². The van der Waals surface area contributed by atoms with Gasteiger partial charge in [-0.25, -0.2) is 9.47 Å². The van der Waals surface area contributed by atoms with Gasteiger partial charge >= 0.3 is 5.69 Å². The Balaban J connectivity index is 1.83. The molecule has 0 bridgehead atoms. The van der Waals surface area contributed by atoms with Crippen LogP contribution in [0.5, 0.6) is 5.88 Å². The molecule has 0 amide bonds. The maximum Gasteiger partial charge on any atom is 0.346 e. The van der Waals surface area contributed by atoms with Gasteiger partial charge in [-0.2, -0.15) is 0 Å². The van der Waals surface area contributed by atoms with E-state index in [-0.39, 0.29) is 29.4 Å². The Bertz CT molecular complexity index is 982. The van der Waals surface area contributed by atoms with Gasteiger partial charge in [0.2, 0.25) is 5.88 Å². The molecule has 0 aliphatic carbocycles. The van der Waals surface area contributed by atoms with Crippen LogP contribution in [-0.4, -0.2) is 26.0 Å². The fraction of sp³-hybridized carbons (Fsp3) is 0.0667. The van der Waals surface area contributed by atoms with Gasteiger partial charge in [-0.15, -0.1) is 0 Å². The number of hydrogen-bond acceptors (Lipinski definition) is 7. The molecular formula is C15H12N4O6. The van der Waals surface area contributed by atoms with Crippen molar-refractivity contribution in [3.63, 3.8) is 0 Å². The average molecular weight is 344 g/mol. The molecule has 0 aliphatic rings. The number of furan rings is 1. The van der Waals surface area contributed by atoms with Crippen molar-refractivity contribution in [2.75, 3.05) is 5.43 Å². The molecule has 0 fully saturated rings. The first-order chi connectivity index (χ1) is 12.0. The fourth-order valence-electron chi connectivity index (χ4n) is 2.23. The van der Waals surface area contributed by atoms with Crippen LogP contribution in [0.3, 0.4) is 0 Å². The lowest BCUT2D eigenvalue weighted by atomic mass is 10.1. The van der Waals surface area contributed by atoms with E-state index in [1.54, 1.807) is 0 Å². The highest BCUT2D eigenvalue weighted by molar-refractivity contribution is 5.79. The zero-order chi connectivity index (χ0) is 18.0. The number of aromatic nitrogens is 2. The van der Waals surface area contributed by atoms with Crippen molar-refractivity contribution >= 4 is 12.0 Å². The van der Waals surface area contributed by atoms with Gasteiger partial charge in [0, 0.05) is 17.7 Å². The number of non-ortho nitro benzene ring substituents is 1. The second kappa shape index (κ2) is 6.35. The summed E-state index contributed by atoms with van der Waals surface area (Å²) in [7, 11) is 0. The van der Waals surface area contributed by atoms with Crippen LogP contribution < -0.4 is 11.1 Å². The van der Waals surface area contributed by atoms with Crippen LogP contribution in [0.25, 0.3) is 11.3 Å². The highest BCUT2D eigenvalue weighted by atomic mass is 16.6. The summed E-state index contributed by atoms with van der Waals surface area (Å²) in [6.45, 7) is 0.0122. The monoisotopic (exact) mass is 344 g/mol. The Kier molecular flexibility index (Phi) is 4.08. The number of benzene rings is 1. The van der Waals surface area contributed by atoms with E-state index in [0.717, 1.165) is 10.9 Å². The minimum atomic E-state index is -0.577. The molecule has 0 atom stereocenters. The van der Waals surface area contributed by atoms with E-state index in [9.17, 15) is 24.8 Å². The number of rotatable bonds is 6. The third-order valence-corrected chi connectivity index (χ3v) is 3.45. The lowest BCUT2D eigenvalue weighted by Gasteiger charge is -2.03. The minimum Gasteiger partial charge on any atom is -0.493 e. The Hall–Kier alpha value is -3.82. The number of imidazole rings is 1. The summed E-state index contributed by atoms with van der Waals surface area (Å²) < 4.78 is 6.62. The Morgan fingerprint density at radius 3 is 2.64 bits per heavy atom. The molecule has 2 heterocycles. The van der Waals surface area contributed by atoms with Crippen LogP contribution in [0.2, 0.25) is 0 Å². The van der Waals surface area contributed by atoms with Crippen LogP contribution in [-0.2, 0) is 6.54 Å². The van der Waals surface area contributed by atoms with E-state index >= 15 is 0 Å².